The molecular weight excluding hydrogens is 718 g/mol. The van der Waals surface area contributed by atoms with Crippen LogP contribution in [0.3, 0.4) is 0 Å². The standard InChI is InChI=1S/C38H36F2N8O7/c1-46(53-5)36(49)27-13-19-12-21(39)8-10-26(19)48(27)32(30-24-15-22(40)7-9-25(24)44-31(30)37(50)47(2)54-6)28-16-23-18(11-20-17-43-38(42)45-35(20)41)14-29(51-3)34(52-4)33(23)55-28/h7-10,12-17,32,44H,11H2,1-6H3,(H4,41,42,43,45). The van der Waals surface area contributed by atoms with E-state index in [1.807, 2.05) is 0 Å². The number of halogens is 2. The van der Waals surface area contributed by atoms with E-state index in [0.29, 0.717) is 38.7 Å². The lowest BCUT2D eigenvalue weighted by Gasteiger charge is -2.24. The Morgan fingerprint density at radius 1 is 0.891 bits per heavy atom. The van der Waals surface area contributed by atoms with Crippen LogP contribution in [0.4, 0.5) is 20.5 Å². The van der Waals surface area contributed by atoms with Gasteiger partial charge in [-0.15, -0.1) is 0 Å². The highest BCUT2D eigenvalue weighted by Crippen LogP contribution is 2.46. The van der Waals surface area contributed by atoms with E-state index in [2.05, 4.69) is 15.0 Å². The number of methoxy groups -OCH3 is 2. The Hall–Kier alpha value is -6.72. The second-order valence-corrected chi connectivity index (χ2v) is 12.6. The van der Waals surface area contributed by atoms with Crippen LogP contribution in [-0.4, -0.2) is 84.0 Å². The number of furan rings is 1. The first-order chi connectivity index (χ1) is 26.4. The van der Waals surface area contributed by atoms with Gasteiger partial charge in [0.1, 0.15) is 40.6 Å². The van der Waals surface area contributed by atoms with Gasteiger partial charge < -0.3 is 34.9 Å². The molecule has 0 saturated heterocycles. The molecule has 17 heteroatoms. The summed E-state index contributed by atoms with van der Waals surface area (Å²) < 4.78 is 49.9. The summed E-state index contributed by atoms with van der Waals surface area (Å²) in [4.78, 5) is 50.2. The largest absolute Gasteiger partial charge is 0.493 e. The fourth-order valence-electron chi connectivity index (χ4n) is 6.80. The van der Waals surface area contributed by atoms with Gasteiger partial charge in [0.2, 0.25) is 11.7 Å². The summed E-state index contributed by atoms with van der Waals surface area (Å²) in [7, 11) is 8.40. The number of rotatable bonds is 11. The molecule has 7 rings (SSSR count). The van der Waals surface area contributed by atoms with Crippen LogP contribution in [-0.2, 0) is 16.1 Å². The molecular formula is C38H36F2N8O7. The van der Waals surface area contributed by atoms with Crippen molar-refractivity contribution in [2.75, 3.05) is 54.0 Å². The van der Waals surface area contributed by atoms with Gasteiger partial charge in [-0.05, 0) is 60.2 Å². The Labute approximate surface area is 311 Å². The lowest BCUT2D eigenvalue weighted by Crippen LogP contribution is -2.30. The first kappa shape index (κ1) is 36.6. The number of anilines is 2. The van der Waals surface area contributed by atoms with Gasteiger partial charge in [0.25, 0.3) is 11.8 Å². The Morgan fingerprint density at radius 3 is 2.29 bits per heavy atom. The first-order valence-electron chi connectivity index (χ1n) is 16.7. The molecule has 0 aliphatic heterocycles. The van der Waals surface area contributed by atoms with Crippen molar-refractivity contribution in [3.63, 3.8) is 0 Å². The van der Waals surface area contributed by atoms with Crippen LogP contribution in [0.1, 0.15) is 49.5 Å². The molecule has 55 heavy (non-hydrogen) atoms. The van der Waals surface area contributed by atoms with Crippen LogP contribution in [0.25, 0.3) is 32.8 Å². The zero-order valence-electron chi connectivity index (χ0n) is 30.6. The third kappa shape index (κ3) is 6.28. The zero-order valence-corrected chi connectivity index (χ0v) is 30.6. The molecule has 7 aromatic rings. The Kier molecular flexibility index (Phi) is 9.49. The summed E-state index contributed by atoms with van der Waals surface area (Å²) in [6.07, 6.45) is 1.71. The number of benzene rings is 3. The fourth-order valence-corrected chi connectivity index (χ4v) is 6.80. The number of carbonyl (C=O) groups excluding carboxylic acids is 2. The Bertz CT molecular complexity index is 2640. The molecule has 0 aliphatic rings. The van der Waals surface area contributed by atoms with E-state index in [9.17, 15) is 14.0 Å². The number of hydrogen-bond donors (Lipinski definition) is 3. The average molecular weight is 755 g/mol. The topological polar surface area (TPSA) is 189 Å². The van der Waals surface area contributed by atoms with Gasteiger partial charge in [-0.1, -0.05) is 0 Å². The van der Waals surface area contributed by atoms with Crippen molar-refractivity contribution < 1.29 is 41.9 Å². The van der Waals surface area contributed by atoms with Crippen molar-refractivity contribution >= 4 is 56.4 Å². The van der Waals surface area contributed by atoms with Gasteiger partial charge in [-0.3, -0.25) is 19.3 Å². The van der Waals surface area contributed by atoms with Crippen LogP contribution < -0.4 is 20.9 Å². The molecule has 4 aromatic heterocycles. The van der Waals surface area contributed by atoms with Gasteiger partial charge in [0, 0.05) is 65.0 Å². The van der Waals surface area contributed by atoms with Crippen molar-refractivity contribution in [1.82, 2.24) is 29.6 Å². The summed E-state index contributed by atoms with van der Waals surface area (Å²) in [5.74, 6) is -1.49. The molecule has 0 bridgehead atoms. The maximum absolute atomic E-state index is 15.2. The van der Waals surface area contributed by atoms with E-state index < -0.39 is 29.5 Å². The molecule has 3 aromatic carbocycles. The van der Waals surface area contributed by atoms with Gasteiger partial charge in [0.05, 0.1) is 28.4 Å². The Morgan fingerprint density at radius 2 is 1.60 bits per heavy atom. The summed E-state index contributed by atoms with van der Waals surface area (Å²) in [6.45, 7) is 0. The maximum Gasteiger partial charge on any atom is 0.293 e. The SMILES string of the molecule is COc1cc(Cc2cnc(N)nc2N)c2cc(C(c3c(C(=O)N(C)OC)[nH]c4ccc(F)cc34)n3c(C(=O)N(C)OC)cc4cc(F)ccc43)oc2c1OC. The number of aromatic amines is 1. The van der Waals surface area contributed by atoms with Crippen molar-refractivity contribution in [3.05, 3.63) is 106 Å². The number of hydrogen-bond acceptors (Lipinski definition) is 11. The minimum Gasteiger partial charge on any atom is -0.493 e. The summed E-state index contributed by atoms with van der Waals surface area (Å²) >= 11 is 0. The van der Waals surface area contributed by atoms with Gasteiger partial charge >= 0.3 is 0 Å². The number of ether oxygens (including phenoxy) is 2. The van der Waals surface area contributed by atoms with Crippen LogP contribution in [0.15, 0.2) is 65.2 Å². The third-order valence-corrected chi connectivity index (χ3v) is 9.51. The number of nitrogens with two attached hydrogens (primary N) is 2. The number of nitrogens with zero attached hydrogens (tertiary/aromatic N) is 5. The van der Waals surface area contributed by atoms with Crippen LogP contribution in [0.2, 0.25) is 0 Å². The number of hydroxylamine groups is 4. The number of nitrogens with one attached hydrogen (secondary N) is 1. The highest BCUT2D eigenvalue weighted by molar-refractivity contribution is 6.03. The molecule has 1 atom stereocenters. The molecule has 0 radical (unpaired) electrons. The van der Waals surface area contributed by atoms with Crippen LogP contribution in [0.5, 0.6) is 11.5 Å². The van der Waals surface area contributed by atoms with Crippen molar-refractivity contribution in [2.24, 2.45) is 0 Å². The number of nitrogen functional groups attached to an aromatic ring is 2. The zero-order chi connectivity index (χ0) is 39.3. The van der Waals surface area contributed by atoms with E-state index in [1.165, 1.54) is 91.2 Å². The van der Waals surface area contributed by atoms with Crippen molar-refractivity contribution in [2.45, 2.75) is 12.5 Å². The second kappa shape index (κ2) is 14.3. The van der Waals surface area contributed by atoms with Gasteiger partial charge in [0.15, 0.2) is 11.3 Å². The third-order valence-electron chi connectivity index (χ3n) is 9.51. The van der Waals surface area contributed by atoms with Crippen molar-refractivity contribution in [1.29, 1.82) is 0 Å². The number of carbonyl (C=O) groups is 2. The molecule has 15 nitrogen and oxygen atoms in total. The number of fused-ring (bicyclic) bond motifs is 3. The maximum atomic E-state index is 15.2. The summed E-state index contributed by atoms with van der Waals surface area (Å²) in [5.41, 5.74) is 14.5. The number of aromatic nitrogens is 4. The number of H-pyrrole nitrogens is 1. The summed E-state index contributed by atoms with van der Waals surface area (Å²) in [5, 5.41) is 3.17. The Balaban J connectivity index is 1.63. The van der Waals surface area contributed by atoms with Gasteiger partial charge in [-0.2, -0.15) is 4.98 Å². The molecule has 5 N–H and O–H groups in total. The van der Waals surface area contributed by atoms with E-state index in [4.69, 9.17) is 35.0 Å². The van der Waals surface area contributed by atoms with Crippen LogP contribution >= 0.6 is 0 Å². The predicted octanol–water partition coefficient (Wildman–Crippen LogP) is 5.61. The molecule has 284 valence electrons. The fraction of sp³-hybridized carbons (Fsp3) is 0.211. The van der Waals surface area contributed by atoms with E-state index >= 15 is 4.39 Å². The molecule has 1 unspecified atom stereocenters. The average Bonchev–Trinajstić information content (AvgIpc) is 3.89. The molecule has 0 saturated carbocycles. The predicted molar refractivity (Wildman–Crippen MR) is 199 cm³/mol. The normalized spacial score (nSPS) is 12.1. The molecule has 0 spiro atoms. The highest BCUT2D eigenvalue weighted by atomic mass is 19.1. The van der Waals surface area contributed by atoms with Crippen LogP contribution in [0, 0.1) is 11.6 Å². The second-order valence-electron chi connectivity index (χ2n) is 12.6. The van der Waals surface area contributed by atoms with E-state index in [0.717, 1.165) is 10.1 Å². The first-order valence-corrected chi connectivity index (χ1v) is 16.7. The van der Waals surface area contributed by atoms with E-state index in [1.54, 1.807) is 16.7 Å². The van der Waals surface area contributed by atoms with Gasteiger partial charge in [-0.25, -0.2) is 23.9 Å². The molecule has 0 fully saturated rings. The molecule has 2 amide bonds. The number of amides is 2. The highest BCUT2D eigenvalue weighted by Gasteiger charge is 2.36. The smallest absolute Gasteiger partial charge is 0.293 e. The lowest BCUT2D eigenvalue weighted by atomic mass is 9.97. The molecule has 4 heterocycles. The van der Waals surface area contributed by atoms with Crippen molar-refractivity contribution in [3.8, 4) is 11.5 Å². The minimum atomic E-state index is -1.23. The quantitative estimate of drug-likeness (QED) is 0.139. The molecule has 0 aliphatic carbocycles. The summed E-state index contributed by atoms with van der Waals surface area (Å²) in [6, 6.07) is 11.8. The van der Waals surface area contributed by atoms with E-state index in [-0.39, 0.29) is 57.6 Å². The monoisotopic (exact) mass is 754 g/mol. The lowest BCUT2D eigenvalue weighted by molar-refractivity contribution is -0.0763. The minimum absolute atomic E-state index is 0.00516.